The zero-order valence-corrected chi connectivity index (χ0v) is 13.4. The summed E-state index contributed by atoms with van der Waals surface area (Å²) in [5.74, 6) is 0.0885. The van der Waals surface area contributed by atoms with Crippen molar-refractivity contribution in [3.05, 3.63) is 0 Å². The van der Waals surface area contributed by atoms with Gasteiger partial charge >= 0.3 is 5.97 Å². The molecule has 0 saturated heterocycles. The number of esters is 1. The molecular formula is C14H21IO4. The third-order valence-corrected chi connectivity index (χ3v) is 6.28. The average Bonchev–Trinajstić information content (AvgIpc) is 2.21. The van der Waals surface area contributed by atoms with E-state index < -0.39 is 16.8 Å². The largest absolute Gasteiger partial charge is 0.458 e. The van der Waals surface area contributed by atoms with E-state index in [4.69, 9.17) is 4.74 Å². The third kappa shape index (κ3) is 2.42. The van der Waals surface area contributed by atoms with Crippen molar-refractivity contribution < 1.29 is 19.7 Å². The van der Waals surface area contributed by atoms with Gasteiger partial charge in [0.1, 0.15) is 9.53 Å². The molecule has 5 heteroatoms. The monoisotopic (exact) mass is 380 g/mol. The van der Waals surface area contributed by atoms with Crippen LogP contribution in [0.25, 0.3) is 0 Å². The minimum atomic E-state index is -0.832. The highest BCUT2D eigenvalue weighted by atomic mass is 127. The van der Waals surface area contributed by atoms with E-state index in [0.29, 0.717) is 19.3 Å². The number of halogens is 1. The zero-order chi connectivity index (χ0) is 13.9. The molecule has 0 spiro atoms. The summed E-state index contributed by atoms with van der Waals surface area (Å²) < 4.78 is 5.62. The van der Waals surface area contributed by atoms with Gasteiger partial charge in [-0.25, -0.2) is 0 Å². The number of alkyl halides is 1. The third-order valence-electron chi connectivity index (χ3n) is 4.89. The fraction of sp³-hybridized carbons (Fsp3) is 0.929. The quantitative estimate of drug-likeness (QED) is 0.446. The van der Waals surface area contributed by atoms with Gasteiger partial charge in [0, 0.05) is 19.3 Å². The van der Waals surface area contributed by atoms with Crippen molar-refractivity contribution >= 4 is 28.6 Å². The van der Waals surface area contributed by atoms with Crippen LogP contribution in [0.3, 0.4) is 0 Å². The van der Waals surface area contributed by atoms with E-state index in [-0.39, 0.29) is 15.8 Å². The highest BCUT2D eigenvalue weighted by molar-refractivity contribution is 14.1. The molecule has 19 heavy (non-hydrogen) atoms. The van der Waals surface area contributed by atoms with E-state index in [0.717, 1.165) is 25.7 Å². The predicted octanol–water partition coefficient (Wildman–Crippen LogP) is 1.94. The molecule has 3 unspecified atom stereocenters. The summed E-state index contributed by atoms with van der Waals surface area (Å²) in [5.41, 5.74) is -2.29. The molecule has 0 aromatic heterocycles. The summed E-state index contributed by atoms with van der Waals surface area (Å²) in [6.07, 6.45) is 4.47. The summed E-state index contributed by atoms with van der Waals surface area (Å²) in [6, 6.07) is 0. The van der Waals surface area contributed by atoms with Crippen molar-refractivity contribution in [2.24, 2.45) is 5.92 Å². The molecule has 0 aromatic rings. The summed E-state index contributed by atoms with van der Waals surface area (Å²) >= 11 is 2.10. The molecule has 4 aliphatic carbocycles. The summed E-state index contributed by atoms with van der Waals surface area (Å²) in [4.78, 5) is 12.1. The van der Waals surface area contributed by atoms with E-state index in [1.165, 1.54) is 0 Å². The summed E-state index contributed by atoms with van der Waals surface area (Å²) in [7, 11) is 0. The lowest BCUT2D eigenvalue weighted by atomic mass is 9.50. The van der Waals surface area contributed by atoms with Crippen LogP contribution >= 0.6 is 22.6 Å². The van der Waals surface area contributed by atoms with Crippen LogP contribution in [0.4, 0.5) is 0 Å². The van der Waals surface area contributed by atoms with Gasteiger partial charge in [-0.05, 0) is 31.6 Å². The van der Waals surface area contributed by atoms with Gasteiger partial charge in [0.15, 0.2) is 0 Å². The average molecular weight is 380 g/mol. The van der Waals surface area contributed by atoms with Gasteiger partial charge in [0.2, 0.25) is 0 Å². The first-order chi connectivity index (χ1) is 8.77. The number of aliphatic hydroxyl groups is 2. The summed E-state index contributed by atoms with van der Waals surface area (Å²) in [6.45, 7) is 1.96. The van der Waals surface area contributed by atoms with Crippen molar-refractivity contribution in [2.75, 3.05) is 0 Å². The van der Waals surface area contributed by atoms with Crippen molar-refractivity contribution in [3.8, 4) is 0 Å². The van der Waals surface area contributed by atoms with Crippen molar-refractivity contribution in [3.63, 3.8) is 0 Å². The molecule has 4 saturated carbocycles. The predicted molar refractivity (Wildman–Crippen MR) is 78.0 cm³/mol. The minimum absolute atomic E-state index is 0.144. The molecule has 0 amide bonds. The standard InChI is InChI=1S/C14H21IO4/c1-2-10(15)11(16)19-14-5-9-3-12(17,7-14)6-13(18,4-9)8-14/h9-10,17-18H,2-8H2,1H3. The van der Waals surface area contributed by atoms with E-state index >= 15 is 0 Å². The number of carbonyl (C=O) groups is 1. The molecule has 4 bridgehead atoms. The van der Waals surface area contributed by atoms with Gasteiger partial charge in [0.25, 0.3) is 0 Å². The number of hydrogen-bond donors (Lipinski definition) is 2. The number of hydrogen-bond acceptors (Lipinski definition) is 4. The molecule has 4 nitrogen and oxygen atoms in total. The molecule has 108 valence electrons. The fourth-order valence-electron chi connectivity index (χ4n) is 4.81. The first kappa shape index (κ1) is 14.1. The Balaban J connectivity index is 1.83. The Morgan fingerprint density at radius 2 is 1.84 bits per heavy atom. The Bertz CT molecular complexity index is 392. The summed E-state index contributed by atoms with van der Waals surface area (Å²) in [5, 5.41) is 21.2. The number of carbonyl (C=O) groups excluding carboxylic acids is 1. The Labute approximate surface area is 127 Å². The first-order valence-corrected chi connectivity index (χ1v) is 8.33. The van der Waals surface area contributed by atoms with E-state index in [1.54, 1.807) is 0 Å². The Morgan fingerprint density at radius 3 is 2.32 bits per heavy atom. The SMILES string of the molecule is CCC(I)C(=O)OC12CC3CC(O)(CC(O)(C3)C1)C2. The molecule has 0 aromatic carbocycles. The van der Waals surface area contributed by atoms with Crippen LogP contribution in [-0.4, -0.2) is 36.9 Å². The van der Waals surface area contributed by atoms with Gasteiger partial charge in [0.05, 0.1) is 11.2 Å². The smallest absolute Gasteiger partial charge is 0.319 e. The second-order valence-electron chi connectivity index (χ2n) is 6.94. The van der Waals surface area contributed by atoms with E-state index in [1.807, 2.05) is 6.92 Å². The van der Waals surface area contributed by atoms with Gasteiger partial charge in [-0.3, -0.25) is 4.79 Å². The maximum Gasteiger partial charge on any atom is 0.319 e. The van der Waals surface area contributed by atoms with E-state index in [2.05, 4.69) is 22.6 Å². The highest BCUT2D eigenvalue weighted by Crippen LogP contribution is 2.60. The lowest BCUT2D eigenvalue weighted by Crippen LogP contribution is -2.67. The van der Waals surface area contributed by atoms with Crippen molar-refractivity contribution in [1.82, 2.24) is 0 Å². The first-order valence-electron chi connectivity index (χ1n) is 7.09. The minimum Gasteiger partial charge on any atom is -0.458 e. The maximum absolute atomic E-state index is 12.1. The molecule has 4 rings (SSSR count). The van der Waals surface area contributed by atoms with Crippen LogP contribution in [0.5, 0.6) is 0 Å². The van der Waals surface area contributed by atoms with Crippen molar-refractivity contribution in [2.45, 2.75) is 72.6 Å². The van der Waals surface area contributed by atoms with Gasteiger partial charge in [-0.15, -0.1) is 0 Å². The second kappa shape index (κ2) is 4.31. The van der Waals surface area contributed by atoms with Crippen LogP contribution in [0, 0.1) is 5.92 Å². The molecule has 2 N–H and O–H groups in total. The van der Waals surface area contributed by atoms with Crippen LogP contribution in [0.15, 0.2) is 0 Å². The van der Waals surface area contributed by atoms with Crippen LogP contribution in [0.1, 0.15) is 51.9 Å². The highest BCUT2D eigenvalue weighted by Gasteiger charge is 2.64. The number of ether oxygens (including phenoxy) is 1. The maximum atomic E-state index is 12.1. The van der Waals surface area contributed by atoms with Crippen molar-refractivity contribution in [1.29, 1.82) is 0 Å². The molecule has 3 atom stereocenters. The fourth-order valence-corrected chi connectivity index (χ4v) is 4.93. The normalized spacial score (nSPS) is 49.2. The van der Waals surface area contributed by atoms with E-state index in [9.17, 15) is 15.0 Å². The Kier molecular flexibility index (Phi) is 3.19. The molecule has 4 aliphatic rings. The van der Waals surface area contributed by atoms with Crippen LogP contribution < -0.4 is 0 Å². The molecular weight excluding hydrogens is 359 g/mol. The molecule has 0 heterocycles. The number of rotatable bonds is 3. The molecule has 0 aliphatic heterocycles. The lowest BCUT2D eigenvalue weighted by Gasteiger charge is -2.62. The van der Waals surface area contributed by atoms with Gasteiger partial charge in [-0.2, -0.15) is 0 Å². The van der Waals surface area contributed by atoms with Gasteiger partial charge < -0.3 is 14.9 Å². The zero-order valence-electron chi connectivity index (χ0n) is 11.2. The van der Waals surface area contributed by atoms with Crippen LogP contribution in [-0.2, 0) is 9.53 Å². The Morgan fingerprint density at radius 1 is 1.26 bits per heavy atom. The lowest BCUT2D eigenvalue weighted by molar-refractivity contribution is -0.261. The van der Waals surface area contributed by atoms with Gasteiger partial charge in [-0.1, -0.05) is 29.5 Å². The van der Waals surface area contributed by atoms with Crippen LogP contribution in [0.2, 0.25) is 0 Å². The molecule has 4 fully saturated rings. The molecule has 0 radical (unpaired) electrons. The Hall–Kier alpha value is 0.120. The topological polar surface area (TPSA) is 66.8 Å². The second-order valence-corrected chi connectivity index (χ2v) is 8.44.